The average molecular weight is 641 g/mol. The predicted octanol–water partition coefficient (Wildman–Crippen LogP) is 9.64. The smallest absolute Gasteiger partial charge is 0.162 e. The number of allylic oxidation sites excluding steroid dienone is 3. The second-order valence-corrected chi connectivity index (χ2v) is 13.8. The maximum atomic E-state index is 14.1. The Labute approximate surface area is 264 Å². The molecule has 1 atom stereocenters. The minimum absolute atomic E-state index is 0.0358. The molecule has 0 fully saturated rings. The summed E-state index contributed by atoms with van der Waals surface area (Å²) in [6.07, 6.45) is 0.875. The molecule has 0 spiro atoms. The summed E-state index contributed by atoms with van der Waals surface area (Å²) < 4.78 is 14.1. The number of hydrogen-bond donors (Lipinski definition) is 1. The lowest BCUT2D eigenvalue weighted by atomic mass is 9.68. The molecular formula is C33H29Cl3FN3OS. The van der Waals surface area contributed by atoms with Gasteiger partial charge in [0.15, 0.2) is 5.78 Å². The molecule has 5 rings (SSSR count). The van der Waals surface area contributed by atoms with Crippen molar-refractivity contribution in [3.63, 3.8) is 0 Å². The summed E-state index contributed by atoms with van der Waals surface area (Å²) >= 11 is 20.4. The number of nitriles is 1. The van der Waals surface area contributed by atoms with Gasteiger partial charge in [-0.25, -0.2) is 4.39 Å². The van der Waals surface area contributed by atoms with Crippen LogP contribution in [0.2, 0.25) is 15.1 Å². The van der Waals surface area contributed by atoms with Crippen LogP contribution < -0.4 is 10.6 Å². The summed E-state index contributed by atoms with van der Waals surface area (Å²) in [5.41, 5.74) is 12.4. The van der Waals surface area contributed by atoms with Crippen LogP contribution in [0.4, 0.5) is 10.1 Å². The van der Waals surface area contributed by atoms with Crippen LogP contribution >= 0.6 is 46.6 Å². The van der Waals surface area contributed by atoms with Gasteiger partial charge >= 0.3 is 0 Å². The van der Waals surface area contributed by atoms with Gasteiger partial charge in [-0.15, -0.1) is 11.8 Å². The zero-order valence-electron chi connectivity index (χ0n) is 23.6. The van der Waals surface area contributed by atoms with E-state index in [0.29, 0.717) is 45.6 Å². The maximum absolute atomic E-state index is 14.1. The number of nitrogens with two attached hydrogens (primary N) is 1. The normalized spacial score (nSPS) is 18.3. The Bertz CT molecular complexity index is 1740. The minimum Gasteiger partial charge on any atom is -0.384 e. The Balaban J connectivity index is 1.67. The van der Waals surface area contributed by atoms with Crippen molar-refractivity contribution in [2.45, 2.75) is 57.1 Å². The summed E-state index contributed by atoms with van der Waals surface area (Å²) in [5, 5.41) is 11.7. The summed E-state index contributed by atoms with van der Waals surface area (Å²) in [6, 6.07) is 16.1. The lowest BCUT2D eigenvalue weighted by Crippen LogP contribution is -2.42. The van der Waals surface area contributed by atoms with Crippen molar-refractivity contribution < 1.29 is 9.18 Å². The molecule has 216 valence electrons. The van der Waals surface area contributed by atoms with E-state index >= 15 is 0 Å². The molecular weight excluding hydrogens is 612 g/mol. The number of aryl methyl sites for hydroxylation is 2. The first-order valence-corrected chi connectivity index (χ1v) is 15.5. The molecule has 0 saturated heterocycles. The molecule has 42 heavy (non-hydrogen) atoms. The van der Waals surface area contributed by atoms with Crippen LogP contribution in [0, 0.1) is 36.4 Å². The highest BCUT2D eigenvalue weighted by molar-refractivity contribution is 7.98. The summed E-state index contributed by atoms with van der Waals surface area (Å²) in [7, 11) is 0. The van der Waals surface area contributed by atoms with Crippen molar-refractivity contribution >= 4 is 58.0 Å². The molecule has 1 aliphatic heterocycles. The van der Waals surface area contributed by atoms with E-state index in [9.17, 15) is 14.4 Å². The van der Waals surface area contributed by atoms with Crippen molar-refractivity contribution in [1.82, 2.24) is 0 Å². The topological polar surface area (TPSA) is 70.1 Å². The minimum atomic E-state index is -0.639. The third kappa shape index (κ3) is 5.68. The number of halogens is 4. The molecule has 0 aromatic heterocycles. The fourth-order valence-electron chi connectivity index (χ4n) is 5.86. The zero-order chi connectivity index (χ0) is 30.5. The summed E-state index contributed by atoms with van der Waals surface area (Å²) in [5.74, 6) is -0.422. The molecule has 0 bridgehead atoms. The number of thioether (sulfide) groups is 1. The molecule has 3 aromatic rings. The Hall–Kier alpha value is -2.95. The summed E-state index contributed by atoms with van der Waals surface area (Å²) in [6.45, 7) is 8.10. The van der Waals surface area contributed by atoms with Gasteiger partial charge in [-0.05, 0) is 84.3 Å². The van der Waals surface area contributed by atoms with Gasteiger partial charge in [0.1, 0.15) is 11.6 Å². The molecule has 0 amide bonds. The van der Waals surface area contributed by atoms with Crippen LogP contribution in [0.15, 0.2) is 76.1 Å². The van der Waals surface area contributed by atoms with Gasteiger partial charge in [0, 0.05) is 39.0 Å². The van der Waals surface area contributed by atoms with E-state index in [-0.39, 0.29) is 27.6 Å². The highest BCUT2D eigenvalue weighted by Gasteiger charge is 2.45. The first-order valence-electron chi connectivity index (χ1n) is 13.4. The van der Waals surface area contributed by atoms with Gasteiger partial charge in [0.05, 0.1) is 27.6 Å². The summed E-state index contributed by atoms with van der Waals surface area (Å²) in [4.78, 5) is 16.5. The number of hydrogen-bond acceptors (Lipinski definition) is 5. The predicted molar refractivity (Wildman–Crippen MR) is 170 cm³/mol. The average Bonchev–Trinajstić information content (AvgIpc) is 2.90. The largest absolute Gasteiger partial charge is 0.384 e. The van der Waals surface area contributed by atoms with E-state index in [0.717, 1.165) is 27.1 Å². The third-order valence-corrected chi connectivity index (χ3v) is 9.92. The number of carbonyl (C=O) groups is 1. The quantitative estimate of drug-likeness (QED) is 0.281. The van der Waals surface area contributed by atoms with E-state index in [4.69, 9.17) is 40.5 Å². The van der Waals surface area contributed by atoms with Gasteiger partial charge in [0.2, 0.25) is 0 Å². The molecule has 0 radical (unpaired) electrons. The number of anilines is 1. The van der Waals surface area contributed by atoms with Crippen molar-refractivity contribution in [1.29, 1.82) is 5.26 Å². The van der Waals surface area contributed by atoms with Crippen molar-refractivity contribution in [3.05, 3.63) is 114 Å². The van der Waals surface area contributed by atoms with Gasteiger partial charge in [-0.1, -0.05) is 60.8 Å². The van der Waals surface area contributed by atoms with E-state index in [1.165, 1.54) is 12.1 Å². The number of Topliss-reactive ketones (excluding diaryl/α,β-unsaturated/α-hetero) is 1. The number of rotatable bonds is 5. The monoisotopic (exact) mass is 639 g/mol. The van der Waals surface area contributed by atoms with Crippen LogP contribution in [-0.2, 0) is 10.5 Å². The van der Waals surface area contributed by atoms with E-state index in [2.05, 4.69) is 18.2 Å². The third-order valence-electron chi connectivity index (χ3n) is 7.85. The Morgan fingerprint density at radius 2 is 1.79 bits per heavy atom. The number of nitrogens with zero attached hydrogens (tertiary/aromatic N) is 2. The van der Waals surface area contributed by atoms with Gasteiger partial charge in [-0.3, -0.25) is 9.69 Å². The standard InChI is InChI=1S/C33H29Cl3FN3OS/c1-17-9-18(2)22(10-19(17)16-42-29-11-20(34)5-7-24(29)35)30-23(15-38)32(39)40(21-6-8-26(37)25(36)12-21)27-13-33(3,4)14-28(41)31(27)30/h5-12,30H,13-14,16,39H2,1-4H3. The highest BCUT2D eigenvalue weighted by atomic mass is 35.5. The van der Waals surface area contributed by atoms with Crippen LogP contribution in [0.5, 0.6) is 0 Å². The van der Waals surface area contributed by atoms with Gasteiger partial charge in [0.25, 0.3) is 0 Å². The Kier molecular flexibility index (Phi) is 8.44. The molecule has 2 N–H and O–H groups in total. The van der Waals surface area contributed by atoms with Crippen molar-refractivity contribution in [2.75, 3.05) is 4.90 Å². The molecule has 1 unspecified atom stereocenters. The molecule has 1 heterocycles. The number of benzene rings is 3. The van der Waals surface area contributed by atoms with Gasteiger partial charge < -0.3 is 5.73 Å². The van der Waals surface area contributed by atoms with E-state index < -0.39 is 11.7 Å². The molecule has 9 heteroatoms. The molecule has 0 saturated carbocycles. The van der Waals surface area contributed by atoms with Crippen molar-refractivity contribution in [2.24, 2.45) is 11.1 Å². The van der Waals surface area contributed by atoms with Crippen LogP contribution in [-0.4, -0.2) is 5.78 Å². The van der Waals surface area contributed by atoms with Crippen LogP contribution in [0.25, 0.3) is 0 Å². The highest BCUT2D eigenvalue weighted by Crippen LogP contribution is 2.51. The molecule has 2 aliphatic rings. The second-order valence-electron chi connectivity index (χ2n) is 11.6. The van der Waals surface area contributed by atoms with Crippen LogP contribution in [0.1, 0.15) is 54.9 Å². The fourth-order valence-corrected chi connectivity index (χ4v) is 7.60. The first kappa shape index (κ1) is 30.5. The molecule has 3 aromatic carbocycles. The first-order chi connectivity index (χ1) is 19.8. The SMILES string of the molecule is Cc1cc(C)c(C2C(C#N)=C(N)N(c3ccc(F)c(Cl)c3)C3=C2C(=O)CC(C)(C)C3)cc1CSc1cc(Cl)ccc1Cl. The second kappa shape index (κ2) is 11.6. The molecule has 1 aliphatic carbocycles. The fraction of sp³-hybridized carbons (Fsp3) is 0.273. The number of ketones is 1. The number of carbonyl (C=O) groups excluding carboxylic acids is 1. The van der Waals surface area contributed by atoms with Crippen molar-refractivity contribution in [3.8, 4) is 6.07 Å². The Morgan fingerprint density at radius 3 is 2.48 bits per heavy atom. The van der Waals surface area contributed by atoms with Gasteiger partial charge in [-0.2, -0.15) is 5.26 Å². The lowest BCUT2D eigenvalue weighted by Gasteiger charge is -2.44. The van der Waals surface area contributed by atoms with E-state index in [1.807, 2.05) is 33.8 Å². The lowest BCUT2D eigenvalue weighted by molar-refractivity contribution is -0.118. The Morgan fingerprint density at radius 1 is 1.05 bits per heavy atom. The van der Waals surface area contributed by atoms with Crippen LogP contribution in [0.3, 0.4) is 0 Å². The maximum Gasteiger partial charge on any atom is 0.162 e. The van der Waals surface area contributed by atoms with E-state index in [1.54, 1.807) is 34.9 Å². The molecule has 4 nitrogen and oxygen atoms in total. The zero-order valence-corrected chi connectivity index (χ0v) is 26.7.